The average Bonchev–Trinajstić information content (AvgIpc) is 2.38. The van der Waals surface area contributed by atoms with E-state index < -0.39 is 0 Å². The van der Waals surface area contributed by atoms with Crippen molar-refractivity contribution in [1.82, 2.24) is 5.32 Å². The second kappa shape index (κ2) is 8.88. The van der Waals surface area contributed by atoms with E-state index in [1.165, 1.54) is 14.2 Å². The molecule has 0 radical (unpaired) electrons. The van der Waals surface area contributed by atoms with Crippen molar-refractivity contribution in [3.05, 3.63) is 35.9 Å². The van der Waals surface area contributed by atoms with E-state index in [1.54, 1.807) is 7.05 Å². The van der Waals surface area contributed by atoms with E-state index in [-0.39, 0.29) is 12.0 Å². The van der Waals surface area contributed by atoms with Crippen LogP contribution in [0.4, 0.5) is 0 Å². The largest absolute Gasteiger partial charge is 0.468 e. The molecule has 0 saturated carbocycles. The van der Waals surface area contributed by atoms with Gasteiger partial charge in [-0.1, -0.05) is 30.3 Å². The lowest BCUT2D eigenvalue weighted by Gasteiger charge is -2.13. The monoisotopic (exact) mass is 224 g/mol. The van der Waals surface area contributed by atoms with Gasteiger partial charge in [0, 0.05) is 0 Å². The van der Waals surface area contributed by atoms with Gasteiger partial charge in [0.25, 0.3) is 0 Å². The predicted molar refractivity (Wildman–Crippen MR) is 65.1 cm³/mol. The van der Waals surface area contributed by atoms with Crippen molar-refractivity contribution in [2.45, 2.75) is 12.5 Å². The highest BCUT2D eigenvalue weighted by molar-refractivity contribution is 5.76. The van der Waals surface area contributed by atoms with Crippen LogP contribution in [0.15, 0.2) is 30.3 Å². The van der Waals surface area contributed by atoms with Gasteiger partial charge in [-0.15, -0.1) is 0 Å². The maximum absolute atomic E-state index is 11.3. The maximum Gasteiger partial charge on any atom is 0.323 e. The third-order valence-electron chi connectivity index (χ3n) is 2.12. The van der Waals surface area contributed by atoms with E-state index in [4.69, 9.17) is 0 Å². The third kappa shape index (κ3) is 4.91. The van der Waals surface area contributed by atoms with E-state index in [0.29, 0.717) is 6.42 Å². The Bertz CT molecular complexity index is 288. The van der Waals surface area contributed by atoms with Crippen LogP contribution in [0, 0.1) is 0 Å². The number of hydrogen-bond acceptors (Lipinski definition) is 4. The van der Waals surface area contributed by atoms with Gasteiger partial charge in [-0.2, -0.15) is 0 Å². The molecule has 1 aromatic carbocycles. The lowest BCUT2D eigenvalue weighted by molar-refractivity contribution is -0.142. The number of hydrogen-bond donors (Lipinski definition) is 2. The van der Waals surface area contributed by atoms with Gasteiger partial charge in [0.05, 0.1) is 7.11 Å². The minimum absolute atomic E-state index is 0.226. The summed E-state index contributed by atoms with van der Waals surface area (Å²) in [6.07, 6.45) is 0.657. The molecule has 0 aliphatic heterocycles. The minimum atomic E-state index is -0.262. The van der Waals surface area contributed by atoms with Gasteiger partial charge in [-0.05, 0) is 26.1 Å². The number of nitrogens with one attached hydrogen (secondary N) is 1. The van der Waals surface area contributed by atoms with Crippen LogP contribution in [0.3, 0.4) is 0 Å². The van der Waals surface area contributed by atoms with E-state index in [9.17, 15) is 4.79 Å². The summed E-state index contributed by atoms with van der Waals surface area (Å²) in [5, 5.41) is 2.93. The van der Waals surface area contributed by atoms with Crippen molar-refractivity contribution in [3.63, 3.8) is 0 Å². The fraction of sp³-hybridized carbons (Fsp3) is 0.417. The molecule has 1 aromatic rings. The zero-order valence-corrected chi connectivity index (χ0v) is 10.1. The molecule has 90 valence electrons. The van der Waals surface area contributed by atoms with Gasteiger partial charge in [0.15, 0.2) is 0 Å². The molecule has 0 heterocycles. The Morgan fingerprint density at radius 3 is 2.38 bits per heavy atom. The van der Waals surface area contributed by atoms with Crippen LogP contribution in [-0.2, 0) is 16.0 Å². The number of methoxy groups -OCH3 is 1. The topological polar surface area (TPSA) is 64.3 Å². The van der Waals surface area contributed by atoms with Crippen molar-refractivity contribution in [2.24, 2.45) is 5.73 Å². The maximum atomic E-state index is 11.3. The lowest BCUT2D eigenvalue weighted by atomic mass is 10.1. The Labute approximate surface area is 96.8 Å². The van der Waals surface area contributed by atoms with Crippen molar-refractivity contribution in [1.29, 1.82) is 0 Å². The molecular formula is C12H20N2O2. The van der Waals surface area contributed by atoms with Crippen molar-refractivity contribution < 1.29 is 9.53 Å². The molecule has 0 aliphatic carbocycles. The second-order valence-corrected chi connectivity index (χ2v) is 3.05. The number of carbonyl (C=O) groups excluding carboxylic acids is 1. The summed E-state index contributed by atoms with van der Waals surface area (Å²) < 4.78 is 4.67. The zero-order valence-electron chi connectivity index (χ0n) is 10.1. The summed E-state index contributed by atoms with van der Waals surface area (Å²) in [5.74, 6) is -0.226. The minimum Gasteiger partial charge on any atom is -0.468 e. The van der Waals surface area contributed by atoms with Crippen molar-refractivity contribution in [3.8, 4) is 0 Å². The quantitative estimate of drug-likeness (QED) is 0.734. The highest BCUT2D eigenvalue weighted by atomic mass is 16.5. The van der Waals surface area contributed by atoms with E-state index in [0.717, 1.165) is 5.56 Å². The van der Waals surface area contributed by atoms with Crippen LogP contribution in [-0.4, -0.2) is 33.2 Å². The van der Waals surface area contributed by atoms with Gasteiger partial charge < -0.3 is 15.8 Å². The molecule has 16 heavy (non-hydrogen) atoms. The van der Waals surface area contributed by atoms with E-state index >= 15 is 0 Å². The fourth-order valence-electron chi connectivity index (χ4n) is 1.30. The molecule has 1 rings (SSSR count). The summed E-state index contributed by atoms with van der Waals surface area (Å²) in [4.78, 5) is 11.3. The highest BCUT2D eigenvalue weighted by Crippen LogP contribution is 2.03. The van der Waals surface area contributed by atoms with Gasteiger partial charge in [0.2, 0.25) is 0 Å². The Morgan fingerprint density at radius 1 is 1.38 bits per heavy atom. The van der Waals surface area contributed by atoms with E-state index in [1.807, 2.05) is 30.3 Å². The molecular weight excluding hydrogens is 204 g/mol. The van der Waals surface area contributed by atoms with E-state index in [2.05, 4.69) is 15.8 Å². The number of rotatable bonds is 4. The SMILES string of the molecule is CN.CNC(Cc1ccccc1)C(=O)OC. The zero-order chi connectivity index (χ0) is 12.4. The summed E-state index contributed by atoms with van der Waals surface area (Å²) in [5.41, 5.74) is 5.62. The molecule has 1 atom stereocenters. The van der Waals surface area contributed by atoms with Crippen molar-refractivity contribution in [2.75, 3.05) is 21.2 Å². The van der Waals surface area contributed by atoms with Crippen LogP contribution < -0.4 is 11.1 Å². The summed E-state index contributed by atoms with van der Waals surface area (Å²) >= 11 is 0. The first-order valence-electron chi connectivity index (χ1n) is 5.14. The van der Waals surface area contributed by atoms with Gasteiger partial charge in [-0.3, -0.25) is 4.79 Å². The molecule has 4 heteroatoms. The molecule has 4 nitrogen and oxygen atoms in total. The normalized spacial score (nSPS) is 11.0. The molecule has 3 N–H and O–H groups in total. The predicted octanol–water partition coefficient (Wildman–Crippen LogP) is 0.565. The Kier molecular flexibility index (Phi) is 8.11. The van der Waals surface area contributed by atoms with Crippen LogP contribution in [0.1, 0.15) is 5.56 Å². The Hall–Kier alpha value is -1.39. The first-order valence-corrected chi connectivity index (χ1v) is 5.14. The number of likely N-dealkylation sites (N-methyl/N-ethyl adjacent to an activating group) is 1. The number of benzene rings is 1. The second-order valence-electron chi connectivity index (χ2n) is 3.05. The molecule has 0 bridgehead atoms. The third-order valence-corrected chi connectivity index (χ3v) is 2.12. The summed E-state index contributed by atoms with van der Waals surface area (Å²) in [7, 11) is 4.65. The lowest BCUT2D eigenvalue weighted by Crippen LogP contribution is -2.36. The number of nitrogens with two attached hydrogens (primary N) is 1. The van der Waals surface area contributed by atoms with Crippen LogP contribution in [0.5, 0.6) is 0 Å². The smallest absolute Gasteiger partial charge is 0.323 e. The number of esters is 1. The van der Waals surface area contributed by atoms with Gasteiger partial charge in [0.1, 0.15) is 6.04 Å². The summed E-state index contributed by atoms with van der Waals surface area (Å²) in [6, 6.07) is 9.59. The molecule has 0 fully saturated rings. The number of ether oxygens (including phenoxy) is 1. The first kappa shape index (κ1) is 14.6. The molecule has 0 saturated heterocycles. The average molecular weight is 224 g/mol. The molecule has 0 aromatic heterocycles. The standard InChI is InChI=1S/C11H15NO2.CH5N/c1-12-10(11(13)14-2)8-9-6-4-3-5-7-9;1-2/h3-7,10,12H,8H2,1-2H3;2H2,1H3. The van der Waals surface area contributed by atoms with Crippen LogP contribution in [0.25, 0.3) is 0 Å². The van der Waals surface area contributed by atoms with Crippen LogP contribution >= 0.6 is 0 Å². The highest BCUT2D eigenvalue weighted by Gasteiger charge is 2.16. The molecule has 0 spiro atoms. The Morgan fingerprint density at radius 2 is 1.94 bits per heavy atom. The Balaban J connectivity index is 0.00000106. The summed E-state index contributed by atoms with van der Waals surface area (Å²) in [6.45, 7) is 0. The van der Waals surface area contributed by atoms with Crippen molar-refractivity contribution >= 4 is 5.97 Å². The van der Waals surface area contributed by atoms with Crippen LogP contribution in [0.2, 0.25) is 0 Å². The number of carbonyl (C=O) groups is 1. The molecule has 0 aliphatic rings. The molecule has 1 unspecified atom stereocenters. The van der Waals surface area contributed by atoms with Gasteiger partial charge >= 0.3 is 5.97 Å². The fourth-order valence-corrected chi connectivity index (χ4v) is 1.30. The molecule has 0 amide bonds. The van der Waals surface area contributed by atoms with Gasteiger partial charge in [-0.25, -0.2) is 0 Å². The first-order chi connectivity index (χ1) is 7.77.